The molecule has 0 saturated carbocycles. The molecular formula is C14H16N4O2. The molecule has 104 valence electrons. The number of aromatic amines is 1. The molecule has 6 heteroatoms. The molecule has 0 aromatic carbocycles. The van der Waals surface area contributed by atoms with Gasteiger partial charge in [0.15, 0.2) is 5.69 Å². The average molecular weight is 272 g/mol. The van der Waals surface area contributed by atoms with E-state index in [1.807, 2.05) is 0 Å². The minimum absolute atomic E-state index is 0.198. The summed E-state index contributed by atoms with van der Waals surface area (Å²) in [5.74, 6) is 0.316. The normalized spacial score (nSPS) is 13.7. The third-order valence-electron chi connectivity index (χ3n) is 3.47. The quantitative estimate of drug-likeness (QED) is 0.895. The van der Waals surface area contributed by atoms with Gasteiger partial charge >= 0.3 is 0 Å². The van der Waals surface area contributed by atoms with Gasteiger partial charge in [0, 0.05) is 17.3 Å². The lowest BCUT2D eigenvalue weighted by Gasteiger charge is -2.11. The molecule has 0 unspecified atom stereocenters. The van der Waals surface area contributed by atoms with Crippen LogP contribution in [0.5, 0.6) is 5.88 Å². The van der Waals surface area contributed by atoms with Crippen molar-refractivity contribution in [2.45, 2.75) is 25.7 Å². The van der Waals surface area contributed by atoms with E-state index in [0.717, 1.165) is 36.9 Å². The van der Waals surface area contributed by atoms with E-state index >= 15 is 0 Å². The second-order valence-corrected chi connectivity index (χ2v) is 4.78. The molecule has 1 aliphatic rings. The maximum absolute atomic E-state index is 12.2. The van der Waals surface area contributed by atoms with Gasteiger partial charge in [-0.15, -0.1) is 0 Å². The number of carbonyl (C=O) groups is 1. The van der Waals surface area contributed by atoms with Gasteiger partial charge in [0.05, 0.1) is 19.0 Å². The Hall–Kier alpha value is -2.37. The number of pyridine rings is 1. The van der Waals surface area contributed by atoms with Gasteiger partial charge in [0.1, 0.15) is 0 Å². The SMILES string of the molecule is COc1ccc(NC(=O)c2n[nH]c3c2CCCC3)cn1. The summed E-state index contributed by atoms with van der Waals surface area (Å²) in [5.41, 5.74) is 3.27. The minimum Gasteiger partial charge on any atom is -0.481 e. The number of hydrogen-bond acceptors (Lipinski definition) is 4. The Labute approximate surface area is 116 Å². The lowest BCUT2D eigenvalue weighted by molar-refractivity contribution is 0.102. The number of nitrogens with one attached hydrogen (secondary N) is 2. The van der Waals surface area contributed by atoms with E-state index in [1.54, 1.807) is 25.4 Å². The third kappa shape index (κ3) is 2.36. The van der Waals surface area contributed by atoms with E-state index in [0.29, 0.717) is 17.3 Å². The number of amides is 1. The number of hydrogen-bond donors (Lipinski definition) is 2. The fourth-order valence-corrected chi connectivity index (χ4v) is 2.43. The summed E-state index contributed by atoms with van der Waals surface area (Å²) in [6, 6.07) is 3.46. The van der Waals surface area contributed by atoms with Crippen molar-refractivity contribution in [2.75, 3.05) is 12.4 Å². The summed E-state index contributed by atoms with van der Waals surface area (Å²) in [6.45, 7) is 0. The van der Waals surface area contributed by atoms with Gasteiger partial charge in [0.2, 0.25) is 5.88 Å². The Morgan fingerprint density at radius 3 is 2.95 bits per heavy atom. The predicted octanol–water partition coefficient (Wildman–Crippen LogP) is 1.94. The van der Waals surface area contributed by atoms with Gasteiger partial charge in [-0.05, 0) is 31.7 Å². The number of methoxy groups -OCH3 is 1. The number of nitrogens with zero attached hydrogens (tertiary/aromatic N) is 2. The minimum atomic E-state index is -0.198. The van der Waals surface area contributed by atoms with E-state index in [2.05, 4.69) is 20.5 Å². The summed E-state index contributed by atoms with van der Waals surface area (Å²) in [6.07, 6.45) is 5.71. The van der Waals surface area contributed by atoms with Crippen LogP contribution in [0.2, 0.25) is 0 Å². The number of rotatable bonds is 3. The summed E-state index contributed by atoms with van der Waals surface area (Å²) in [4.78, 5) is 16.3. The first-order valence-corrected chi connectivity index (χ1v) is 6.65. The van der Waals surface area contributed by atoms with Crippen molar-refractivity contribution < 1.29 is 9.53 Å². The van der Waals surface area contributed by atoms with Crippen molar-refractivity contribution >= 4 is 11.6 Å². The monoisotopic (exact) mass is 272 g/mol. The van der Waals surface area contributed by atoms with Crippen LogP contribution in [0.1, 0.15) is 34.6 Å². The second kappa shape index (κ2) is 5.32. The van der Waals surface area contributed by atoms with E-state index in [4.69, 9.17) is 4.74 Å². The number of carbonyl (C=O) groups excluding carboxylic acids is 1. The van der Waals surface area contributed by atoms with Crippen LogP contribution in [-0.2, 0) is 12.8 Å². The Morgan fingerprint density at radius 1 is 1.35 bits per heavy atom. The lowest BCUT2D eigenvalue weighted by Crippen LogP contribution is -2.15. The van der Waals surface area contributed by atoms with Crippen LogP contribution in [-0.4, -0.2) is 28.2 Å². The molecule has 1 aliphatic carbocycles. The third-order valence-corrected chi connectivity index (χ3v) is 3.47. The molecule has 2 aromatic rings. The average Bonchev–Trinajstić information content (AvgIpc) is 2.92. The Morgan fingerprint density at radius 2 is 2.20 bits per heavy atom. The zero-order chi connectivity index (χ0) is 13.9. The van der Waals surface area contributed by atoms with Crippen molar-refractivity contribution in [3.63, 3.8) is 0 Å². The van der Waals surface area contributed by atoms with E-state index in [9.17, 15) is 4.79 Å². The smallest absolute Gasteiger partial charge is 0.276 e. The number of H-pyrrole nitrogens is 1. The first kappa shape index (κ1) is 12.7. The van der Waals surface area contributed by atoms with Gasteiger partial charge in [-0.25, -0.2) is 4.98 Å². The van der Waals surface area contributed by atoms with Crippen molar-refractivity contribution in [1.29, 1.82) is 0 Å². The first-order chi connectivity index (χ1) is 9.78. The van der Waals surface area contributed by atoms with Crippen molar-refractivity contribution in [1.82, 2.24) is 15.2 Å². The van der Waals surface area contributed by atoms with Crippen LogP contribution in [0.15, 0.2) is 18.3 Å². The highest BCUT2D eigenvalue weighted by atomic mass is 16.5. The molecule has 0 spiro atoms. The summed E-state index contributed by atoms with van der Waals surface area (Å²) < 4.78 is 4.98. The predicted molar refractivity (Wildman–Crippen MR) is 74.0 cm³/mol. The molecule has 0 radical (unpaired) electrons. The van der Waals surface area contributed by atoms with Gasteiger partial charge in [-0.2, -0.15) is 5.10 Å². The van der Waals surface area contributed by atoms with Crippen molar-refractivity contribution in [3.05, 3.63) is 35.3 Å². The van der Waals surface area contributed by atoms with Crippen molar-refractivity contribution in [3.8, 4) is 5.88 Å². The molecule has 1 amide bonds. The van der Waals surface area contributed by atoms with Crippen LogP contribution in [0.25, 0.3) is 0 Å². The Kier molecular flexibility index (Phi) is 3.37. The molecule has 2 aromatic heterocycles. The lowest BCUT2D eigenvalue weighted by atomic mass is 9.96. The molecule has 0 bridgehead atoms. The number of ether oxygens (including phenoxy) is 1. The molecular weight excluding hydrogens is 256 g/mol. The Balaban J connectivity index is 1.77. The number of fused-ring (bicyclic) bond motifs is 1. The van der Waals surface area contributed by atoms with E-state index < -0.39 is 0 Å². The second-order valence-electron chi connectivity index (χ2n) is 4.78. The number of aromatic nitrogens is 3. The molecule has 6 nitrogen and oxygen atoms in total. The standard InChI is InChI=1S/C14H16N4O2/c1-20-12-7-6-9(8-15-12)16-14(19)13-10-4-2-3-5-11(10)17-18-13/h6-8H,2-5H2,1H3,(H,16,19)(H,17,18). The van der Waals surface area contributed by atoms with E-state index in [-0.39, 0.29) is 5.91 Å². The fourth-order valence-electron chi connectivity index (χ4n) is 2.43. The molecule has 0 saturated heterocycles. The van der Waals surface area contributed by atoms with Gasteiger partial charge in [-0.1, -0.05) is 0 Å². The zero-order valence-electron chi connectivity index (χ0n) is 11.3. The van der Waals surface area contributed by atoms with Gasteiger partial charge < -0.3 is 10.1 Å². The zero-order valence-corrected chi connectivity index (χ0v) is 11.3. The van der Waals surface area contributed by atoms with Gasteiger partial charge in [-0.3, -0.25) is 9.89 Å². The maximum atomic E-state index is 12.2. The van der Waals surface area contributed by atoms with Crippen LogP contribution < -0.4 is 10.1 Å². The fraction of sp³-hybridized carbons (Fsp3) is 0.357. The summed E-state index contributed by atoms with van der Waals surface area (Å²) in [5, 5.41) is 9.92. The van der Waals surface area contributed by atoms with Crippen molar-refractivity contribution in [2.24, 2.45) is 0 Å². The molecule has 3 rings (SSSR count). The summed E-state index contributed by atoms with van der Waals surface area (Å²) in [7, 11) is 1.55. The highest BCUT2D eigenvalue weighted by Gasteiger charge is 2.21. The number of anilines is 1. The van der Waals surface area contributed by atoms with Crippen LogP contribution in [0.3, 0.4) is 0 Å². The molecule has 0 aliphatic heterocycles. The van der Waals surface area contributed by atoms with E-state index in [1.165, 1.54) is 0 Å². The van der Waals surface area contributed by atoms with Gasteiger partial charge in [0.25, 0.3) is 5.91 Å². The summed E-state index contributed by atoms with van der Waals surface area (Å²) >= 11 is 0. The maximum Gasteiger partial charge on any atom is 0.276 e. The molecule has 20 heavy (non-hydrogen) atoms. The largest absolute Gasteiger partial charge is 0.481 e. The molecule has 2 heterocycles. The van der Waals surface area contributed by atoms with Crippen LogP contribution in [0, 0.1) is 0 Å². The highest BCUT2D eigenvalue weighted by Crippen LogP contribution is 2.23. The highest BCUT2D eigenvalue weighted by molar-refractivity contribution is 6.04. The number of aryl methyl sites for hydroxylation is 1. The topological polar surface area (TPSA) is 79.9 Å². The van der Waals surface area contributed by atoms with Crippen LogP contribution >= 0.6 is 0 Å². The molecule has 0 atom stereocenters. The Bertz CT molecular complexity index is 619. The van der Waals surface area contributed by atoms with Crippen LogP contribution in [0.4, 0.5) is 5.69 Å². The first-order valence-electron chi connectivity index (χ1n) is 6.65. The molecule has 0 fully saturated rings. The molecule has 2 N–H and O–H groups in total.